The number of ether oxygens (including phenoxy) is 1. The van der Waals surface area contributed by atoms with Crippen LogP contribution in [0, 0.1) is 5.92 Å². The zero-order valence-electron chi connectivity index (χ0n) is 12.1. The maximum absolute atomic E-state index is 14.3. The molecular weight excluding hydrogens is 229 g/mol. The number of hydrogen-bond donors (Lipinski definition) is 1. The third-order valence-corrected chi connectivity index (χ3v) is 4.38. The van der Waals surface area contributed by atoms with Crippen molar-refractivity contribution >= 4 is 0 Å². The Bertz CT molecular complexity index is 268. The molecule has 1 aliphatic heterocycles. The fourth-order valence-electron chi connectivity index (χ4n) is 3.31. The highest BCUT2D eigenvalue weighted by molar-refractivity contribution is 4.93. The van der Waals surface area contributed by atoms with Gasteiger partial charge in [-0.25, -0.2) is 4.39 Å². The maximum atomic E-state index is 14.3. The molecule has 3 heteroatoms. The van der Waals surface area contributed by atoms with Crippen LogP contribution in [0.2, 0.25) is 0 Å². The van der Waals surface area contributed by atoms with Crippen LogP contribution in [0.5, 0.6) is 0 Å². The van der Waals surface area contributed by atoms with Gasteiger partial charge in [-0.1, -0.05) is 12.8 Å². The summed E-state index contributed by atoms with van der Waals surface area (Å²) in [6.45, 7) is 7.48. The number of alkyl halides is 1. The van der Waals surface area contributed by atoms with Gasteiger partial charge in [0.2, 0.25) is 0 Å². The lowest BCUT2D eigenvalue weighted by atomic mass is 9.82. The first-order chi connectivity index (χ1) is 8.40. The Labute approximate surface area is 111 Å². The van der Waals surface area contributed by atoms with Crippen molar-refractivity contribution in [2.45, 2.75) is 76.6 Å². The van der Waals surface area contributed by atoms with Gasteiger partial charge in [0.05, 0.1) is 5.60 Å². The van der Waals surface area contributed by atoms with E-state index in [0.29, 0.717) is 6.54 Å². The standard InChI is InChI=1S/C15H28FNO/c1-14(2,3)17-11-13(16)12-6-9-18-15(10-12)7-4-5-8-15/h12-13,17H,4-11H2,1-3H3. The molecule has 0 amide bonds. The molecule has 1 aliphatic carbocycles. The molecule has 0 bridgehead atoms. The second kappa shape index (κ2) is 5.46. The molecule has 0 aromatic rings. The van der Waals surface area contributed by atoms with Gasteiger partial charge in [-0.15, -0.1) is 0 Å². The van der Waals surface area contributed by atoms with Gasteiger partial charge in [0.1, 0.15) is 6.17 Å². The summed E-state index contributed by atoms with van der Waals surface area (Å²) < 4.78 is 20.3. The fourth-order valence-corrected chi connectivity index (χ4v) is 3.31. The molecule has 2 atom stereocenters. The lowest BCUT2D eigenvalue weighted by Gasteiger charge is -2.39. The van der Waals surface area contributed by atoms with Crippen LogP contribution in [-0.4, -0.2) is 30.5 Å². The Balaban J connectivity index is 1.84. The van der Waals surface area contributed by atoms with Crippen molar-refractivity contribution in [1.82, 2.24) is 5.32 Å². The van der Waals surface area contributed by atoms with E-state index < -0.39 is 6.17 Å². The summed E-state index contributed by atoms with van der Waals surface area (Å²) in [6.07, 6.45) is 5.87. The monoisotopic (exact) mass is 257 g/mol. The zero-order valence-corrected chi connectivity index (χ0v) is 12.1. The summed E-state index contributed by atoms with van der Waals surface area (Å²) in [6, 6.07) is 0. The molecule has 1 spiro atoms. The van der Waals surface area contributed by atoms with Gasteiger partial charge < -0.3 is 10.1 Å². The van der Waals surface area contributed by atoms with Crippen LogP contribution in [0.1, 0.15) is 59.3 Å². The van der Waals surface area contributed by atoms with Gasteiger partial charge in [-0.2, -0.15) is 0 Å². The molecule has 2 aliphatic rings. The lowest BCUT2D eigenvalue weighted by Crippen LogP contribution is -2.45. The van der Waals surface area contributed by atoms with Crippen LogP contribution in [0.15, 0.2) is 0 Å². The summed E-state index contributed by atoms with van der Waals surface area (Å²) >= 11 is 0. The predicted molar refractivity (Wildman–Crippen MR) is 72.5 cm³/mol. The molecule has 1 heterocycles. The Hall–Kier alpha value is -0.150. The van der Waals surface area contributed by atoms with Crippen LogP contribution in [0.4, 0.5) is 4.39 Å². The molecule has 2 unspecified atom stereocenters. The fraction of sp³-hybridized carbons (Fsp3) is 1.00. The molecule has 2 fully saturated rings. The van der Waals surface area contributed by atoms with Gasteiger partial charge in [0.15, 0.2) is 0 Å². The highest BCUT2D eigenvalue weighted by Gasteiger charge is 2.42. The average Bonchev–Trinajstić information content (AvgIpc) is 2.73. The average molecular weight is 257 g/mol. The lowest BCUT2D eigenvalue weighted by molar-refractivity contribution is -0.104. The summed E-state index contributed by atoms with van der Waals surface area (Å²) in [7, 11) is 0. The van der Waals surface area contributed by atoms with Crippen LogP contribution in [-0.2, 0) is 4.74 Å². The molecule has 18 heavy (non-hydrogen) atoms. The van der Waals surface area contributed by atoms with E-state index >= 15 is 0 Å². The van der Waals surface area contributed by atoms with Crippen LogP contribution < -0.4 is 5.32 Å². The number of nitrogens with one attached hydrogen (secondary N) is 1. The van der Waals surface area contributed by atoms with Crippen molar-refractivity contribution < 1.29 is 9.13 Å². The van der Waals surface area contributed by atoms with E-state index in [1.54, 1.807) is 0 Å². The van der Waals surface area contributed by atoms with E-state index in [1.807, 2.05) is 0 Å². The number of rotatable bonds is 3. The molecule has 106 valence electrons. The SMILES string of the molecule is CC(C)(C)NCC(F)C1CCOC2(CCCC2)C1. The van der Waals surface area contributed by atoms with Crippen molar-refractivity contribution in [2.24, 2.45) is 5.92 Å². The van der Waals surface area contributed by atoms with Crippen LogP contribution in [0.3, 0.4) is 0 Å². The van der Waals surface area contributed by atoms with Crippen molar-refractivity contribution in [3.05, 3.63) is 0 Å². The highest BCUT2D eigenvalue weighted by Crippen LogP contribution is 2.43. The Morgan fingerprint density at radius 3 is 2.61 bits per heavy atom. The Morgan fingerprint density at radius 1 is 1.33 bits per heavy atom. The summed E-state index contributed by atoms with van der Waals surface area (Å²) in [5.41, 5.74) is 0.0372. The summed E-state index contributed by atoms with van der Waals surface area (Å²) in [5, 5.41) is 3.28. The van der Waals surface area contributed by atoms with Crippen molar-refractivity contribution in [3.8, 4) is 0 Å². The van der Waals surface area contributed by atoms with E-state index in [0.717, 1.165) is 32.3 Å². The first-order valence-electron chi connectivity index (χ1n) is 7.43. The highest BCUT2D eigenvalue weighted by atomic mass is 19.1. The van der Waals surface area contributed by atoms with Gasteiger partial charge in [0.25, 0.3) is 0 Å². The van der Waals surface area contributed by atoms with E-state index in [9.17, 15) is 4.39 Å². The summed E-state index contributed by atoms with van der Waals surface area (Å²) in [4.78, 5) is 0. The van der Waals surface area contributed by atoms with Crippen molar-refractivity contribution in [3.63, 3.8) is 0 Å². The number of hydrogen-bond acceptors (Lipinski definition) is 2. The third-order valence-electron chi connectivity index (χ3n) is 4.38. The molecule has 0 aromatic heterocycles. The third kappa shape index (κ3) is 3.67. The first-order valence-corrected chi connectivity index (χ1v) is 7.43. The molecule has 0 radical (unpaired) electrons. The minimum absolute atomic E-state index is 0.000548. The second-order valence-corrected chi connectivity index (χ2v) is 7.14. The molecule has 2 nitrogen and oxygen atoms in total. The quantitative estimate of drug-likeness (QED) is 0.836. The van der Waals surface area contributed by atoms with Gasteiger partial charge in [-0.3, -0.25) is 0 Å². The Morgan fingerprint density at radius 2 is 2.00 bits per heavy atom. The molecule has 1 saturated carbocycles. The van der Waals surface area contributed by atoms with Gasteiger partial charge in [0, 0.05) is 18.7 Å². The largest absolute Gasteiger partial charge is 0.375 e. The first kappa shape index (κ1) is 14.3. The van der Waals surface area contributed by atoms with Crippen LogP contribution >= 0.6 is 0 Å². The molecular formula is C15H28FNO. The van der Waals surface area contributed by atoms with E-state index in [2.05, 4.69) is 26.1 Å². The Kier molecular flexibility index (Phi) is 4.32. The summed E-state index contributed by atoms with van der Waals surface area (Å²) in [5.74, 6) is 0.187. The van der Waals surface area contributed by atoms with E-state index in [-0.39, 0.29) is 17.1 Å². The minimum atomic E-state index is -0.731. The van der Waals surface area contributed by atoms with Gasteiger partial charge >= 0.3 is 0 Å². The maximum Gasteiger partial charge on any atom is 0.115 e. The minimum Gasteiger partial charge on any atom is -0.375 e. The van der Waals surface area contributed by atoms with Crippen molar-refractivity contribution in [2.75, 3.05) is 13.2 Å². The molecule has 0 aromatic carbocycles. The molecule has 2 rings (SSSR count). The molecule has 1 N–H and O–H groups in total. The molecule has 1 saturated heterocycles. The smallest absolute Gasteiger partial charge is 0.115 e. The van der Waals surface area contributed by atoms with Crippen molar-refractivity contribution in [1.29, 1.82) is 0 Å². The topological polar surface area (TPSA) is 21.3 Å². The second-order valence-electron chi connectivity index (χ2n) is 7.14. The van der Waals surface area contributed by atoms with E-state index in [1.165, 1.54) is 12.8 Å². The zero-order chi connectivity index (χ0) is 13.2. The van der Waals surface area contributed by atoms with E-state index in [4.69, 9.17) is 4.74 Å². The van der Waals surface area contributed by atoms with Crippen LogP contribution in [0.25, 0.3) is 0 Å². The predicted octanol–water partition coefficient (Wildman–Crippen LogP) is 3.45. The normalized spacial score (nSPS) is 29.7. The van der Waals surface area contributed by atoms with Gasteiger partial charge in [-0.05, 0) is 52.4 Å². The number of halogens is 1.